The lowest BCUT2D eigenvalue weighted by molar-refractivity contribution is -0.143. The molecule has 0 aliphatic carbocycles. The summed E-state index contributed by atoms with van der Waals surface area (Å²) in [4.78, 5) is 12.3. The van der Waals surface area contributed by atoms with Gasteiger partial charge in [-0.3, -0.25) is 0 Å². The van der Waals surface area contributed by atoms with Crippen LogP contribution in [0.15, 0.2) is 35.7 Å². The van der Waals surface area contributed by atoms with Crippen LogP contribution in [-0.4, -0.2) is 11.1 Å². The van der Waals surface area contributed by atoms with Crippen molar-refractivity contribution in [3.63, 3.8) is 0 Å². The highest BCUT2D eigenvalue weighted by Crippen LogP contribution is 2.30. The molecule has 1 aromatic heterocycles. The molecule has 94 valence electrons. The van der Waals surface area contributed by atoms with Gasteiger partial charge in [0.25, 0.3) is 0 Å². The van der Waals surface area contributed by atoms with Crippen LogP contribution in [0.5, 0.6) is 0 Å². The molecule has 2 aromatic rings. The maximum absolute atomic E-state index is 11.1. The normalized spacial score (nSPS) is 14.2. The first-order valence-electron chi connectivity index (χ1n) is 5.60. The smallest absolute Gasteiger partial charge is 0.328 e. The number of aryl methyl sites for hydroxylation is 1. The Labute approximate surface area is 110 Å². The van der Waals surface area contributed by atoms with Gasteiger partial charge in [-0.25, -0.2) is 4.79 Å². The molecule has 1 heterocycles. The molecule has 0 fully saturated rings. The van der Waals surface area contributed by atoms with E-state index in [1.807, 2.05) is 17.5 Å². The van der Waals surface area contributed by atoms with Gasteiger partial charge in [-0.1, -0.05) is 24.3 Å². The first-order valence-corrected chi connectivity index (χ1v) is 6.48. The van der Waals surface area contributed by atoms with Gasteiger partial charge in [0.05, 0.1) is 0 Å². The van der Waals surface area contributed by atoms with Gasteiger partial charge < -0.3 is 10.8 Å². The summed E-state index contributed by atoms with van der Waals surface area (Å²) in [6.07, 6.45) is 0. The monoisotopic (exact) mass is 261 g/mol. The Hall–Kier alpha value is -1.65. The van der Waals surface area contributed by atoms with Gasteiger partial charge in [0.1, 0.15) is 5.54 Å². The van der Waals surface area contributed by atoms with E-state index < -0.39 is 11.5 Å². The number of aliphatic carboxylic acids is 1. The maximum Gasteiger partial charge on any atom is 0.328 e. The van der Waals surface area contributed by atoms with Crippen LogP contribution >= 0.6 is 11.3 Å². The zero-order valence-corrected chi connectivity index (χ0v) is 11.1. The molecule has 0 aliphatic heterocycles. The van der Waals surface area contributed by atoms with Gasteiger partial charge in [0, 0.05) is 4.88 Å². The molecule has 1 atom stereocenters. The second-order valence-electron chi connectivity index (χ2n) is 4.52. The third-order valence-electron chi connectivity index (χ3n) is 3.05. The average molecular weight is 261 g/mol. The standard InChI is InChI=1S/C14H15NO2S/c1-9-7-8-18-12(9)10-3-5-11(6-4-10)14(2,15)13(16)17/h3-8H,15H2,1-2H3,(H,16,17). The number of hydrogen-bond donors (Lipinski definition) is 2. The zero-order valence-electron chi connectivity index (χ0n) is 10.3. The predicted molar refractivity (Wildman–Crippen MR) is 73.7 cm³/mol. The highest BCUT2D eigenvalue weighted by molar-refractivity contribution is 7.13. The minimum atomic E-state index is -1.34. The number of rotatable bonds is 3. The van der Waals surface area contributed by atoms with Crippen molar-refractivity contribution in [1.82, 2.24) is 0 Å². The van der Waals surface area contributed by atoms with Crippen molar-refractivity contribution in [2.24, 2.45) is 5.73 Å². The van der Waals surface area contributed by atoms with Crippen LogP contribution in [0.1, 0.15) is 18.1 Å². The van der Waals surface area contributed by atoms with Crippen molar-refractivity contribution in [3.8, 4) is 10.4 Å². The lowest BCUT2D eigenvalue weighted by Gasteiger charge is -2.19. The van der Waals surface area contributed by atoms with Gasteiger partial charge in [0.2, 0.25) is 0 Å². The molecule has 4 heteroatoms. The Balaban J connectivity index is 2.37. The summed E-state index contributed by atoms with van der Waals surface area (Å²) in [5.41, 5.74) is 7.36. The van der Waals surface area contributed by atoms with Crippen LogP contribution in [0.4, 0.5) is 0 Å². The molecule has 0 amide bonds. The SMILES string of the molecule is Cc1ccsc1-c1ccc(C(C)(N)C(=O)O)cc1. The topological polar surface area (TPSA) is 63.3 Å². The van der Waals surface area contributed by atoms with Crippen molar-refractivity contribution >= 4 is 17.3 Å². The third kappa shape index (κ3) is 2.17. The van der Waals surface area contributed by atoms with Crippen LogP contribution in [0.25, 0.3) is 10.4 Å². The second-order valence-corrected chi connectivity index (χ2v) is 5.43. The van der Waals surface area contributed by atoms with E-state index in [1.165, 1.54) is 17.4 Å². The van der Waals surface area contributed by atoms with Crippen LogP contribution in [0.2, 0.25) is 0 Å². The van der Waals surface area contributed by atoms with Crippen molar-refractivity contribution in [2.45, 2.75) is 19.4 Å². The number of carboxylic acid groups (broad SMARTS) is 1. The van der Waals surface area contributed by atoms with E-state index in [4.69, 9.17) is 10.8 Å². The number of hydrogen-bond acceptors (Lipinski definition) is 3. The maximum atomic E-state index is 11.1. The van der Waals surface area contributed by atoms with Gasteiger partial charge >= 0.3 is 5.97 Å². The molecular weight excluding hydrogens is 246 g/mol. The first-order chi connectivity index (χ1) is 8.43. The molecule has 18 heavy (non-hydrogen) atoms. The van der Waals surface area contributed by atoms with Gasteiger partial charge in [-0.2, -0.15) is 0 Å². The lowest BCUT2D eigenvalue weighted by Crippen LogP contribution is -2.41. The van der Waals surface area contributed by atoms with E-state index in [0.717, 1.165) is 5.56 Å². The number of benzene rings is 1. The second kappa shape index (κ2) is 4.55. The Morgan fingerprint density at radius 2 is 1.89 bits per heavy atom. The number of carbonyl (C=O) groups is 1. The van der Waals surface area contributed by atoms with E-state index in [0.29, 0.717) is 5.56 Å². The summed E-state index contributed by atoms with van der Waals surface area (Å²) in [6, 6.07) is 9.47. The summed E-state index contributed by atoms with van der Waals surface area (Å²) < 4.78 is 0. The fourth-order valence-corrected chi connectivity index (χ4v) is 2.69. The predicted octanol–water partition coefficient (Wildman–Crippen LogP) is 2.98. The van der Waals surface area contributed by atoms with Gasteiger partial charge in [0.15, 0.2) is 0 Å². The molecule has 0 saturated heterocycles. The Bertz CT molecular complexity index is 570. The van der Waals surface area contributed by atoms with Crippen molar-refractivity contribution in [3.05, 3.63) is 46.8 Å². The summed E-state index contributed by atoms with van der Waals surface area (Å²) in [6.45, 7) is 3.56. The zero-order chi connectivity index (χ0) is 13.3. The van der Waals surface area contributed by atoms with Crippen molar-refractivity contribution in [1.29, 1.82) is 0 Å². The van der Waals surface area contributed by atoms with E-state index >= 15 is 0 Å². The summed E-state index contributed by atoms with van der Waals surface area (Å²) >= 11 is 1.67. The molecule has 0 aliphatic rings. The third-order valence-corrected chi connectivity index (χ3v) is 4.12. The van der Waals surface area contributed by atoms with Crippen LogP contribution in [0.3, 0.4) is 0 Å². The van der Waals surface area contributed by atoms with Crippen molar-refractivity contribution < 1.29 is 9.90 Å². The van der Waals surface area contributed by atoms with Crippen LogP contribution in [-0.2, 0) is 10.3 Å². The summed E-state index contributed by atoms with van der Waals surface area (Å²) in [5.74, 6) is -1.03. The largest absolute Gasteiger partial charge is 0.480 e. The highest BCUT2D eigenvalue weighted by atomic mass is 32.1. The number of thiophene rings is 1. The molecule has 0 saturated carbocycles. The quantitative estimate of drug-likeness (QED) is 0.892. The number of nitrogens with two attached hydrogens (primary N) is 1. The lowest BCUT2D eigenvalue weighted by atomic mass is 9.92. The molecular formula is C14H15NO2S. The highest BCUT2D eigenvalue weighted by Gasteiger charge is 2.29. The molecule has 0 bridgehead atoms. The molecule has 3 N–H and O–H groups in total. The fraction of sp³-hybridized carbons (Fsp3) is 0.214. The van der Waals surface area contributed by atoms with Crippen LogP contribution in [0, 0.1) is 6.92 Å². The molecule has 1 aromatic carbocycles. The first kappa shape index (κ1) is 12.8. The van der Waals surface area contributed by atoms with Crippen LogP contribution < -0.4 is 5.73 Å². The Morgan fingerprint density at radius 3 is 2.33 bits per heavy atom. The molecule has 0 radical (unpaired) electrons. The minimum Gasteiger partial charge on any atom is -0.480 e. The molecule has 1 unspecified atom stereocenters. The van der Waals surface area contributed by atoms with E-state index in [-0.39, 0.29) is 0 Å². The molecule has 2 rings (SSSR count). The Morgan fingerprint density at radius 1 is 1.28 bits per heavy atom. The van der Waals surface area contributed by atoms with Gasteiger partial charge in [-0.05, 0) is 42.0 Å². The van der Waals surface area contributed by atoms with Crippen molar-refractivity contribution in [2.75, 3.05) is 0 Å². The minimum absolute atomic E-state index is 0.605. The summed E-state index contributed by atoms with van der Waals surface area (Å²) in [7, 11) is 0. The Kier molecular flexibility index (Phi) is 3.24. The van der Waals surface area contributed by atoms with E-state index in [2.05, 4.69) is 13.0 Å². The van der Waals surface area contributed by atoms with Gasteiger partial charge in [-0.15, -0.1) is 11.3 Å². The molecule has 0 spiro atoms. The summed E-state index contributed by atoms with van der Waals surface area (Å²) in [5, 5.41) is 11.1. The molecule has 3 nitrogen and oxygen atoms in total. The van der Waals surface area contributed by atoms with E-state index in [1.54, 1.807) is 23.5 Å². The van der Waals surface area contributed by atoms with E-state index in [9.17, 15) is 4.79 Å². The fourth-order valence-electron chi connectivity index (χ4n) is 1.76. The average Bonchev–Trinajstić information content (AvgIpc) is 2.75. The number of carboxylic acids is 1.